The average molecular weight is 342 g/mol. The number of aromatic nitrogens is 2. The van der Waals surface area contributed by atoms with Crippen LogP contribution in [-0.4, -0.2) is 34.1 Å². The Kier molecular flexibility index (Phi) is 4.81. The maximum atomic E-state index is 5.42. The second kappa shape index (κ2) is 6.20. The van der Waals surface area contributed by atoms with E-state index in [-0.39, 0.29) is 0 Å². The number of hydrogen-bond acceptors (Lipinski definition) is 2. The summed E-state index contributed by atoms with van der Waals surface area (Å²) in [5.41, 5.74) is 2.26. The highest BCUT2D eigenvalue weighted by Gasteiger charge is 2.09. The van der Waals surface area contributed by atoms with Gasteiger partial charge in [0.25, 0.3) is 0 Å². The molecule has 0 aliphatic rings. The van der Waals surface area contributed by atoms with Gasteiger partial charge in [0.1, 0.15) is 0 Å². The molecule has 0 fully saturated rings. The van der Waals surface area contributed by atoms with Crippen molar-refractivity contribution in [2.24, 2.45) is 0 Å². The minimum atomic E-state index is 0.603. The molecule has 1 N–H and O–H groups in total. The number of nitrogens with zero attached hydrogens (tertiary/aromatic N) is 2. The lowest BCUT2D eigenvalue weighted by molar-refractivity contribution is 0.243. The lowest BCUT2D eigenvalue weighted by Gasteiger charge is -2.23. The van der Waals surface area contributed by atoms with Crippen molar-refractivity contribution in [1.82, 2.24) is 14.5 Å². The number of imidazole rings is 1. The van der Waals surface area contributed by atoms with E-state index >= 15 is 0 Å². The van der Waals surface area contributed by atoms with E-state index in [2.05, 4.69) is 63.4 Å². The van der Waals surface area contributed by atoms with Crippen molar-refractivity contribution in [2.45, 2.75) is 32.9 Å². The quantitative estimate of drug-likeness (QED) is 0.824. The number of hydrogen-bond donors (Lipinski definition) is 1. The topological polar surface area (TPSA) is 24.0 Å². The van der Waals surface area contributed by atoms with E-state index in [4.69, 9.17) is 12.2 Å². The van der Waals surface area contributed by atoms with Crippen LogP contribution in [0.3, 0.4) is 0 Å². The van der Waals surface area contributed by atoms with Crippen LogP contribution in [-0.2, 0) is 6.54 Å². The second-order valence-corrected chi connectivity index (χ2v) is 6.28. The first-order valence-corrected chi connectivity index (χ1v) is 7.81. The normalized spacial score (nSPS) is 13.3. The molecular weight excluding hydrogens is 322 g/mol. The molecule has 3 nitrogen and oxygen atoms in total. The van der Waals surface area contributed by atoms with Crippen molar-refractivity contribution in [3.05, 3.63) is 27.4 Å². The number of nitrogens with one attached hydrogen (secondary N) is 1. The summed E-state index contributed by atoms with van der Waals surface area (Å²) in [6.07, 6.45) is 1.17. The summed E-state index contributed by atoms with van der Waals surface area (Å²) in [5, 5.41) is 0. The summed E-state index contributed by atoms with van der Waals surface area (Å²) < 4.78 is 4.05. The molecule has 1 aromatic heterocycles. The molecule has 2 aromatic rings. The largest absolute Gasteiger partial charge is 0.331 e. The van der Waals surface area contributed by atoms with Gasteiger partial charge in [-0.15, -0.1) is 0 Å². The number of rotatable bonds is 5. The second-order valence-electron chi connectivity index (χ2n) is 4.98. The van der Waals surface area contributed by atoms with Gasteiger partial charge >= 0.3 is 0 Å². The number of H-pyrrole nitrogens is 1. The fourth-order valence-corrected chi connectivity index (χ4v) is 2.79. The average Bonchev–Trinajstić information content (AvgIpc) is 2.70. The number of likely N-dealkylation sites (N-methyl/N-ethyl adjacent to an activating group) is 1. The van der Waals surface area contributed by atoms with E-state index < -0.39 is 0 Å². The molecule has 0 aliphatic carbocycles. The first-order valence-electron chi connectivity index (χ1n) is 6.61. The minimum Gasteiger partial charge on any atom is -0.331 e. The van der Waals surface area contributed by atoms with Gasteiger partial charge in [-0.2, -0.15) is 0 Å². The van der Waals surface area contributed by atoms with Gasteiger partial charge in [0.05, 0.1) is 11.0 Å². The molecule has 1 unspecified atom stereocenters. The smallest absolute Gasteiger partial charge is 0.178 e. The number of halogens is 1. The van der Waals surface area contributed by atoms with Gasteiger partial charge in [-0.3, -0.25) is 0 Å². The van der Waals surface area contributed by atoms with E-state index in [0.29, 0.717) is 6.04 Å². The van der Waals surface area contributed by atoms with E-state index in [1.165, 1.54) is 6.42 Å². The summed E-state index contributed by atoms with van der Waals surface area (Å²) in [4.78, 5) is 5.63. The van der Waals surface area contributed by atoms with E-state index in [1.807, 2.05) is 6.07 Å². The SMILES string of the molecule is CCC(C)N(C)CCn1c(=S)[nH]c2ccc(Br)cc21. The van der Waals surface area contributed by atoms with Crippen molar-refractivity contribution < 1.29 is 0 Å². The molecule has 0 amide bonds. The molecule has 1 aromatic carbocycles. The van der Waals surface area contributed by atoms with Crippen LogP contribution in [0.1, 0.15) is 20.3 Å². The van der Waals surface area contributed by atoms with Crippen LogP contribution in [0.5, 0.6) is 0 Å². The highest BCUT2D eigenvalue weighted by molar-refractivity contribution is 9.10. The van der Waals surface area contributed by atoms with Crippen LogP contribution in [0.4, 0.5) is 0 Å². The van der Waals surface area contributed by atoms with Crippen molar-refractivity contribution in [1.29, 1.82) is 0 Å². The standard InChI is InChI=1S/C14H20BrN3S/c1-4-10(2)17(3)7-8-18-13-9-11(15)5-6-12(13)16-14(18)19/h5-6,9-10H,4,7-8H2,1-3H3,(H,16,19). The van der Waals surface area contributed by atoms with Crippen molar-refractivity contribution in [2.75, 3.05) is 13.6 Å². The Morgan fingerprint density at radius 1 is 1.47 bits per heavy atom. The maximum Gasteiger partial charge on any atom is 0.178 e. The van der Waals surface area contributed by atoms with Gasteiger partial charge in [-0.25, -0.2) is 0 Å². The summed E-state index contributed by atoms with van der Waals surface area (Å²) in [5.74, 6) is 0. The molecule has 0 saturated carbocycles. The molecule has 0 aliphatic heterocycles. The molecule has 0 radical (unpaired) electrons. The van der Waals surface area contributed by atoms with Crippen LogP contribution in [0.25, 0.3) is 11.0 Å². The van der Waals surface area contributed by atoms with Crippen LogP contribution in [0.2, 0.25) is 0 Å². The van der Waals surface area contributed by atoms with Crippen molar-refractivity contribution >= 4 is 39.2 Å². The molecule has 0 spiro atoms. The van der Waals surface area contributed by atoms with Crippen LogP contribution in [0, 0.1) is 4.77 Å². The van der Waals surface area contributed by atoms with Gasteiger partial charge in [-0.05, 0) is 50.8 Å². The molecule has 19 heavy (non-hydrogen) atoms. The predicted molar refractivity (Wildman–Crippen MR) is 87.2 cm³/mol. The summed E-state index contributed by atoms with van der Waals surface area (Å²) in [6.45, 7) is 6.39. The van der Waals surface area contributed by atoms with Gasteiger partial charge in [0.15, 0.2) is 4.77 Å². The molecule has 0 bridgehead atoms. The number of aromatic amines is 1. The van der Waals surface area contributed by atoms with Gasteiger partial charge < -0.3 is 14.5 Å². The zero-order chi connectivity index (χ0) is 14.0. The summed E-state index contributed by atoms with van der Waals surface area (Å²) in [7, 11) is 2.17. The predicted octanol–water partition coefficient (Wildman–Crippen LogP) is 4.19. The monoisotopic (exact) mass is 341 g/mol. The molecular formula is C14H20BrN3S. The molecule has 5 heteroatoms. The van der Waals surface area contributed by atoms with Gasteiger partial charge in [-0.1, -0.05) is 22.9 Å². The lowest BCUT2D eigenvalue weighted by Crippen LogP contribution is -2.31. The van der Waals surface area contributed by atoms with Crippen molar-refractivity contribution in [3.8, 4) is 0 Å². The molecule has 2 rings (SSSR count). The zero-order valence-corrected chi connectivity index (χ0v) is 14.0. The van der Waals surface area contributed by atoms with E-state index in [0.717, 1.165) is 33.4 Å². The first-order chi connectivity index (χ1) is 9.02. The fourth-order valence-electron chi connectivity index (χ4n) is 2.14. The zero-order valence-electron chi connectivity index (χ0n) is 11.6. The third-order valence-corrected chi connectivity index (χ3v) is 4.57. The minimum absolute atomic E-state index is 0.603. The Labute approximate surface area is 127 Å². The molecule has 1 heterocycles. The van der Waals surface area contributed by atoms with Crippen LogP contribution in [0.15, 0.2) is 22.7 Å². The van der Waals surface area contributed by atoms with E-state index in [1.54, 1.807) is 0 Å². The Balaban J connectivity index is 2.23. The van der Waals surface area contributed by atoms with Gasteiger partial charge in [0.2, 0.25) is 0 Å². The Morgan fingerprint density at radius 2 is 2.21 bits per heavy atom. The third kappa shape index (κ3) is 3.27. The summed E-state index contributed by atoms with van der Waals surface area (Å²) in [6, 6.07) is 6.81. The molecule has 0 saturated heterocycles. The number of benzene rings is 1. The van der Waals surface area contributed by atoms with E-state index in [9.17, 15) is 0 Å². The third-order valence-electron chi connectivity index (χ3n) is 3.76. The fraction of sp³-hybridized carbons (Fsp3) is 0.500. The first kappa shape index (κ1) is 14.8. The van der Waals surface area contributed by atoms with Crippen molar-refractivity contribution in [3.63, 3.8) is 0 Å². The molecule has 104 valence electrons. The Bertz CT molecular complexity index is 617. The lowest BCUT2D eigenvalue weighted by atomic mass is 10.2. The van der Waals surface area contributed by atoms with Crippen LogP contribution < -0.4 is 0 Å². The molecule has 1 atom stereocenters. The van der Waals surface area contributed by atoms with Crippen LogP contribution >= 0.6 is 28.1 Å². The Morgan fingerprint density at radius 3 is 2.89 bits per heavy atom. The highest BCUT2D eigenvalue weighted by atomic mass is 79.9. The summed E-state index contributed by atoms with van der Waals surface area (Å²) >= 11 is 8.93. The highest BCUT2D eigenvalue weighted by Crippen LogP contribution is 2.19. The Hall–Kier alpha value is -0.650. The maximum absolute atomic E-state index is 5.42. The number of fused-ring (bicyclic) bond motifs is 1. The van der Waals surface area contributed by atoms with Gasteiger partial charge in [0, 0.05) is 23.6 Å².